The van der Waals surface area contributed by atoms with Crippen LogP contribution in [0.5, 0.6) is 0 Å². The Labute approximate surface area is 125 Å². The van der Waals surface area contributed by atoms with E-state index in [1.54, 1.807) is 0 Å². The zero-order chi connectivity index (χ0) is 14.5. The van der Waals surface area contributed by atoms with Gasteiger partial charge in [-0.25, -0.2) is 4.68 Å². The molecule has 0 aliphatic carbocycles. The standard InChI is InChI=1S/C18H19N3/c1-2-15-8-6-7-11-18(15)19-14-16-12-13-21(20-16)17-9-4-3-5-10-17/h3-13,19H,2,14H2,1H3. The Morgan fingerprint density at radius 2 is 1.71 bits per heavy atom. The molecule has 0 radical (unpaired) electrons. The fraction of sp³-hybridized carbons (Fsp3) is 0.167. The van der Waals surface area contributed by atoms with Crippen LogP contribution in [0.1, 0.15) is 18.2 Å². The summed E-state index contributed by atoms with van der Waals surface area (Å²) >= 11 is 0. The van der Waals surface area contributed by atoms with Crippen LogP contribution in [0.15, 0.2) is 66.9 Å². The monoisotopic (exact) mass is 277 g/mol. The second kappa shape index (κ2) is 6.27. The smallest absolute Gasteiger partial charge is 0.0819 e. The van der Waals surface area contributed by atoms with Gasteiger partial charge in [-0.1, -0.05) is 43.3 Å². The van der Waals surface area contributed by atoms with E-state index >= 15 is 0 Å². The molecule has 0 unspecified atom stereocenters. The normalized spacial score (nSPS) is 10.5. The Kier molecular flexibility index (Phi) is 4.01. The van der Waals surface area contributed by atoms with E-state index in [-0.39, 0.29) is 0 Å². The zero-order valence-corrected chi connectivity index (χ0v) is 12.2. The van der Waals surface area contributed by atoms with Crippen LogP contribution in [0.25, 0.3) is 5.69 Å². The van der Waals surface area contributed by atoms with E-state index in [0.29, 0.717) is 0 Å². The van der Waals surface area contributed by atoms with Crippen molar-refractivity contribution in [3.05, 3.63) is 78.1 Å². The summed E-state index contributed by atoms with van der Waals surface area (Å²) in [5.74, 6) is 0. The first-order chi connectivity index (χ1) is 10.4. The summed E-state index contributed by atoms with van der Waals surface area (Å²) in [7, 11) is 0. The summed E-state index contributed by atoms with van der Waals surface area (Å²) in [5.41, 5.74) is 4.64. The number of benzene rings is 2. The Hall–Kier alpha value is -2.55. The molecule has 0 spiro atoms. The second-order valence-corrected chi connectivity index (χ2v) is 4.95. The third kappa shape index (κ3) is 3.14. The largest absolute Gasteiger partial charge is 0.379 e. The van der Waals surface area contributed by atoms with E-state index in [9.17, 15) is 0 Å². The molecule has 1 heterocycles. The molecule has 3 nitrogen and oxygen atoms in total. The Balaban J connectivity index is 1.71. The molecular formula is C18H19N3. The van der Waals surface area contributed by atoms with Gasteiger partial charge in [0, 0.05) is 11.9 Å². The minimum atomic E-state index is 0.733. The minimum absolute atomic E-state index is 0.733. The predicted molar refractivity (Wildman–Crippen MR) is 86.7 cm³/mol. The molecule has 0 bridgehead atoms. The third-order valence-electron chi connectivity index (χ3n) is 3.52. The lowest BCUT2D eigenvalue weighted by Gasteiger charge is -2.09. The number of rotatable bonds is 5. The van der Waals surface area contributed by atoms with Crippen LogP contribution in [0.2, 0.25) is 0 Å². The number of anilines is 1. The highest BCUT2D eigenvalue weighted by atomic mass is 15.3. The summed E-state index contributed by atoms with van der Waals surface area (Å²) in [6.07, 6.45) is 3.03. The molecule has 0 aliphatic rings. The highest BCUT2D eigenvalue weighted by Gasteiger charge is 2.03. The first-order valence-electron chi connectivity index (χ1n) is 7.28. The van der Waals surface area contributed by atoms with Gasteiger partial charge in [0.15, 0.2) is 0 Å². The van der Waals surface area contributed by atoms with Crippen molar-refractivity contribution >= 4 is 5.69 Å². The molecule has 1 N–H and O–H groups in total. The van der Waals surface area contributed by atoms with Gasteiger partial charge >= 0.3 is 0 Å². The third-order valence-corrected chi connectivity index (χ3v) is 3.52. The van der Waals surface area contributed by atoms with E-state index in [1.165, 1.54) is 11.3 Å². The molecule has 2 aromatic carbocycles. The molecule has 106 valence electrons. The van der Waals surface area contributed by atoms with Crippen LogP contribution in [-0.4, -0.2) is 9.78 Å². The number of hydrogen-bond acceptors (Lipinski definition) is 2. The second-order valence-electron chi connectivity index (χ2n) is 4.95. The van der Waals surface area contributed by atoms with Crippen LogP contribution in [0.4, 0.5) is 5.69 Å². The first-order valence-corrected chi connectivity index (χ1v) is 7.28. The van der Waals surface area contributed by atoms with Gasteiger partial charge in [0.1, 0.15) is 0 Å². The highest BCUT2D eigenvalue weighted by Crippen LogP contribution is 2.16. The average molecular weight is 277 g/mol. The van der Waals surface area contributed by atoms with Crippen molar-refractivity contribution in [2.75, 3.05) is 5.32 Å². The molecule has 0 saturated carbocycles. The molecule has 3 aromatic rings. The predicted octanol–water partition coefficient (Wildman–Crippen LogP) is 4.05. The Morgan fingerprint density at radius 1 is 0.952 bits per heavy atom. The van der Waals surface area contributed by atoms with Crippen molar-refractivity contribution in [2.24, 2.45) is 0 Å². The van der Waals surface area contributed by atoms with Gasteiger partial charge in [-0.3, -0.25) is 0 Å². The first kappa shape index (κ1) is 13.4. The molecule has 21 heavy (non-hydrogen) atoms. The van der Waals surface area contributed by atoms with Crippen LogP contribution < -0.4 is 5.32 Å². The molecule has 0 aliphatic heterocycles. The highest BCUT2D eigenvalue weighted by molar-refractivity contribution is 5.51. The van der Waals surface area contributed by atoms with E-state index in [4.69, 9.17) is 0 Å². The van der Waals surface area contributed by atoms with Gasteiger partial charge in [-0.15, -0.1) is 0 Å². The maximum Gasteiger partial charge on any atom is 0.0819 e. The molecule has 0 atom stereocenters. The number of para-hydroxylation sites is 2. The van der Waals surface area contributed by atoms with Crippen molar-refractivity contribution in [3.8, 4) is 5.69 Å². The van der Waals surface area contributed by atoms with Crippen LogP contribution in [0, 0.1) is 0 Å². The molecule has 0 fully saturated rings. The molecule has 0 saturated heterocycles. The van der Waals surface area contributed by atoms with Crippen molar-refractivity contribution in [2.45, 2.75) is 19.9 Å². The number of hydrogen-bond donors (Lipinski definition) is 1. The average Bonchev–Trinajstić information content (AvgIpc) is 3.03. The van der Waals surface area contributed by atoms with Gasteiger partial charge in [0.25, 0.3) is 0 Å². The zero-order valence-electron chi connectivity index (χ0n) is 12.2. The molecule has 1 aromatic heterocycles. The van der Waals surface area contributed by atoms with Crippen LogP contribution in [0.3, 0.4) is 0 Å². The molecule has 3 heteroatoms. The Morgan fingerprint density at radius 3 is 2.52 bits per heavy atom. The lowest BCUT2D eigenvalue weighted by Crippen LogP contribution is -2.03. The van der Waals surface area contributed by atoms with Crippen LogP contribution >= 0.6 is 0 Å². The fourth-order valence-electron chi connectivity index (χ4n) is 2.37. The van der Waals surface area contributed by atoms with Gasteiger partial charge in [0.2, 0.25) is 0 Å². The molecule has 0 amide bonds. The van der Waals surface area contributed by atoms with Crippen molar-refractivity contribution < 1.29 is 0 Å². The number of aromatic nitrogens is 2. The van der Waals surface area contributed by atoms with Gasteiger partial charge in [0.05, 0.1) is 17.9 Å². The lowest BCUT2D eigenvalue weighted by atomic mass is 10.1. The minimum Gasteiger partial charge on any atom is -0.379 e. The number of nitrogens with one attached hydrogen (secondary N) is 1. The lowest BCUT2D eigenvalue weighted by molar-refractivity contribution is 0.843. The van der Waals surface area contributed by atoms with E-state index in [0.717, 1.165) is 24.3 Å². The Bertz CT molecular complexity index is 701. The quantitative estimate of drug-likeness (QED) is 0.762. The van der Waals surface area contributed by atoms with Crippen LogP contribution in [-0.2, 0) is 13.0 Å². The topological polar surface area (TPSA) is 29.9 Å². The van der Waals surface area contributed by atoms with Crippen molar-refractivity contribution in [1.82, 2.24) is 9.78 Å². The van der Waals surface area contributed by atoms with Crippen molar-refractivity contribution in [1.29, 1.82) is 0 Å². The SMILES string of the molecule is CCc1ccccc1NCc1ccn(-c2ccccc2)n1. The van der Waals surface area contributed by atoms with Gasteiger partial charge < -0.3 is 5.32 Å². The summed E-state index contributed by atoms with van der Waals surface area (Å²) in [5, 5.41) is 8.07. The van der Waals surface area contributed by atoms with E-state index < -0.39 is 0 Å². The maximum absolute atomic E-state index is 4.61. The van der Waals surface area contributed by atoms with E-state index in [1.807, 2.05) is 29.1 Å². The van der Waals surface area contributed by atoms with E-state index in [2.05, 4.69) is 59.8 Å². The number of nitrogens with zero attached hydrogens (tertiary/aromatic N) is 2. The molecule has 3 rings (SSSR count). The fourth-order valence-corrected chi connectivity index (χ4v) is 2.37. The molecular weight excluding hydrogens is 258 g/mol. The van der Waals surface area contributed by atoms with Gasteiger partial charge in [-0.05, 0) is 36.2 Å². The van der Waals surface area contributed by atoms with Gasteiger partial charge in [-0.2, -0.15) is 5.10 Å². The summed E-state index contributed by atoms with van der Waals surface area (Å²) in [4.78, 5) is 0. The summed E-state index contributed by atoms with van der Waals surface area (Å²) in [6.45, 7) is 2.90. The van der Waals surface area contributed by atoms with Crippen molar-refractivity contribution in [3.63, 3.8) is 0 Å². The number of aryl methyl sites for hydroxylation is 1. The summed E-state index contributed by atoms with van der Waals surface area (Å²) in [6, 6.07) is 20.6. The summed E-state index contributed by atoms with van der Waals surface area (Å²) < 4.78 is 1.91. The maximum atomic E-state index is 4.61.